The van der Waals surface area contributed by atoms with Crippen molar-refractivity contribution in [3.8, 4) is 11.5 Å². The maximum absolute atomic E-state index is 13.9. The van der Waals surface area contributed by atoms with Gasteiger partial charge in [0, 0.05) is 5.69 Å². The average molecular weight is 416 g/mol. The number of nitrogens with one attached hydrogen (secondary N) is 2. The van der Waals surface area contributed by atoms with Gasteiger partial charge in [0.2, 0.25) is 0 Å². The van der Waals surface area contributed by atoms with Crippen molar-refractivity contribution in [2.45, 2.75) is 11.8 Å². The Balaban J connectivity index is 1.69. The number of halogens is 2. The molecule has 0 aromatic heterocycles. The summed E-state index contributed by atoms with van der Waals surface area (Å²) in [7, 11) is -4.42. The Hall–Kier alpha value is -3.46. The molecule has 0 unspecified atom stereocenters. The Bertz CT molecular complexity index is 1260. The fraction of sp³-hybridized carbons (Fsp3) is 0.0500. The Morgan fingerprint density at radius 3 is 2.52 bits per heavy atom. The van der Waals surface area contributed by atoms with Gasteiger partial charge in [-0.15, -0.1) is 0 Å². The van der Waals surface area contributed by atoms with Crippen molar-refractivity contribution in [2.24, 2.45) is 0 Å². The topological polar surface area (TPSA) is 84.5 Å². The number of fused-ring (bicyclic) bond motifs is 2. The van der Waals surface area contributed by atoms with Gasteiger partial charge in [0.05, 0.1) is 11.3 Å². The van der Waals surface area contributed by atoms with Crippen LogP contribution < -0.4 is 14.8 Å². The number of ether oxygens (including phenoxy) is 1. The van der Waals surface area contributed by atoms with E-state index in [1.807, 2.05) is 13.0 Å². The summed E-state index contributed by atoms with van der Waals surface area (Å²) in [6, 6.07) is 11.4. The monoisotopic (exact) mass is 416 g/mol. The van der Waals surface area contributed by atoms with Crippen molar-refractivity contribution in [3.63, 3.8) is 0 Å². The largest absolute Gasteiger partial charge is 0.454 e. The maximum atomic E-state index is 13.9. The van der Waals surface area contributed by atoms with Crippen LogP contribution in [0.2, 0.25) is 0 Å². The van der Waals surface area contributed by atoms with Crippen LogP contribution in [0.25, 0.3) is 0 Å². The number of rotatable bonds is 3. The highest BCUT2D eigenvalue weighted by atomic mass is 32.2. The highest BCUT2D eigenvalue weighted by molar-refractivity contribution is 7.92. The minimum Gasteiger partial charge on any atom is -0.454 e. The second kappa shape index (κ2) is 6.85. The van der Waals surface area contributed by atoms with Crippen LogP contribution in [0.1, 0.15) is 15.9 Å². The lowest BCUT2D eigenvalue weighted by molar-refractivity contribution is 0.102. The first kappa shape index (κ1) is 18.9. The predicted octanol–water partition coefficient (Wildman–Crippen LogP) is 4.43. The number of sulfonamides is 1. The number of anilines is 2. The number of aryl methyl sites for hydroxylation is 1. The summed E-state index contributed by atoms with van der Waals surface area (Å²) in [5.74, 6) is -1.82. The molecule has 9 heteroatoms. The Kier molecular flexibility index (Phi) is 4.46. The molecule has 6 nitrogen and oxygen atoms in total. The van der Waals surface area contributed by atoms with Crippen LogP contribution in [0.5, 0.6) is 11.5 Å². The smallest absolute Gasteiger partial charge is 0.264 e. The molecule has 1 amide bonds. The molecular weight excluding hydrogens is 402 g/mol. The van der Waals surface area contributed by atoms with Gasteiger partial charge in [0.15, 0.2) is 5.75 Å². The molecule has 0 bridgehead atoms. The van der Waals surface area contributed by atoms with Crippen molar-refractivity contribution in [2.75, 3.05) is 10.0 Å². The highest BCUT2D eigenvalue weighted by Gasteiger charge is 2.24. The van der Waals surface area contributed by atoms with E-state index in [0.29, 0.717) is 17.5 Å². The third-order valence-corrected chi connectivity index (χ3v) is 5.66. The SMILES string of the molecule is Cc1ccc2c(c1)NC(=O)c1cc(NS(=O)(=O)c3cc(F)ccc3F)ccc1O2. The van der Waals surface area contributed by atoms with Gasteiger partial charge in [0.25, 0.3) is 15.9 Å². The Labute approximate surface area is 165 Å². The van der Waals surface area contributed by atoms with Crippen LogP contribution in [0.4, 0.5) is 20.2 Å². The average Bonchev–Trinajstić information content (AvgIpc) is 2.79. The quantitative estimate of drug-likeness (QED) is 0.662. The molecule has 0 aliphatic carbocycles. The molecule has 3 aromatic rings. The summed E-state index contributed by atoms with van der Waals surface area (Å²) in [6.45, 7) is 1.86. The summed E-state index contributed by atoms with van der Waals surface area (Å²) >= 11 is 0. The number of hydrogen-bond donors (Lipinski definition) is 2. The number of carbonyl (C=O) groups is 1. The van der Waals surface area contributed by atoms with E-state index in [9.17, 15) is 22.0 Å². The standard InChI is InChI=1S/C20H14F2N2O4S/c1-11-2-6-18-16(8-11)23-20(25)14-10-13(4-7-17(14)28-18)24-29(26,27)19-9-12(21)3-5-15(19)22/h2-10,24H,1H3,(H,23,25). The summed E-state index contributed by atoms with van der Waals surface area (Å²) < 4.78 is 60.1. The van der Waals surface area contributed by atoms with Crippen molar-refractivity contribution < 1.29 is 26.7 Å². The zero-order valence-corrected chi connectivity index (χ0v) is 15.8. The van der Waals surface area contributed by atoms with Crippen molar-refractivity contribution in [3.05, 3.63) is 77.4 Å². The van der Waals surface area contributed by atoms with Crippen molar-refractivity contribution in [1.29, 1.82) is 0 Å². The van der Waals surface area contributed by atoms with Gasteiger partial charge in [-0.3, -0.25) is 9.52 Å². The van der Waals surface area contributed by atoms with Gasteiger partial charge >= 0.3 is 0 Å². The van der Waals surface area contributed by atoms with Crippen LogP contribution in [0, 0.1) is 18.6 Å². The van der Waals surface area contributed by atoms with E-state index in [4.69, 9.17) is 4.74 Å². The number of amides is 1. The third kappa shape index (κ3) is 3.64. The fourth-order valence-corrected chi connectivity index (χ4v) is 4.03. The van der Waals surface area contributed by atoms with Crippen LogP contribution in [-0.4, -0.2) is 14.3 Å². The van der Waals surface area contributed by atoms with Crippen molar-refractivity contribution in [1.82, 2.24) is 0 Å². The molecule has 0 spiro atoms. The maximum Gasteiger partial charge on any atom is 0.264 e. The van der Waals surface area contributed by atoms with E-state index in [1.165, 1.54) is 18.2 Å². The molecule has 0 radical (unpaired) electrons. The lowest BCUT2D eigenvalue weighted by Crippen LogP contribution is -2.16. The molecule has 1 aliphatic heterocycles. The minimum absolute atomic E-state index is 0.00621. The zero-order chi connectivity index (χ0) is 20.8. The summed E-state index contributed by atoms with van der Waals surface area (Å²) in [6.07, 6.45) is 0. The van der Waals surface area contributed by atoms with E-state index in [-0.39, 0.29) is 17.0 Å². The minimum atomic E-state index is -4.42. The molecule has 1 heterocycles. The molecular formula is C20H14F2N2O4S. The molecule has 3 aromatic carbocycles. The Morgan fingerprint density at radius 1 is 0.966 bits per heavy atom. The second-order valence-electron chi connectivity index (χ2n) is 6.45. The first-order chi connectivity index (χ1) is 13.7. The first-order valence-electron chi connectivity index (χ1n) is 8.45. The predicted molar refractivity (Wildman–Crippen MR) is 103 cm³/mol. The number of benzene rings is 3. The normalized spacial score (nSPS) is 12.9. The fourth-order valence-electron chi connectivity index (χ4n) is 2.89. The van der Waals surface area contributed by atoms with E-state index in [1.54, 1.807) is 12.1 Å². The van der Waals surface area contributed by atoms with Gasteiger partial charge in [0.1, 0.15) is 22.3 Å². The first-order valence-corrected chi connectivity index (χ1v) is 9.93. The second-order valence-corrected chi connectivity index (χ2v) is 8.10. The molecule has 0 atom stereocenters. The molecule has 1 aliphatic rings. The van der Waals surface area contributed by atoms with Gasteiger partial charge in [-0.1, -0.05) is 6.07 Å². The van der Waals surface area contributed by atoms with Gasteiger partial charge < -0.3 is 10.1 Å². The lowest BCUT2D eigenvalue weighted by Gasteiger charge is -2.12. The molecule has 0 saturated carbocycles. The molecule has 29 heavy (non-hydrogen) atoms. The van der Waals surface area contributed by atoms with E-state index in [0.717, 1.165) is 17.7 Å². The summed E-state index contributed by atoms with van der Waals surface area (Å²) in [4.78, 5) is 11.8. The molecule has 148 valence electrons. The van der Waals surface area contributed by atoms with E-state index >= 15 is 0 Å². The summed E-state index contributed by atoms with van der Waals surface area (Å²) in [5.41, 5.74) is 1.48. The van der Waals surface area contributed by atoms with Gasteiger partial charge in [-0.25, -0.2) is 17.2 Å². The van der Waals surface area contributed by atoms with Crippen LogP contribution in [0.3, 0.4) is 0 Å². The Morgan fingerprint density at radius 2 is 1.72 bits per heavy atom. The summed E-state index contributed by atoms with van der Waals surface area (Å²) in [5, 5.41) is 2.71. The molecule has 2 N–H and O–H groups in total. The number of hydrogen-bond acceptors (Lipinski definition) is 4. The number of carbonyl (C=O) groups excluding carboxylic acids is 1. The van der Waals surface area contributed by atoms with Crippen LogP contribution >= 0.6 is 0 Å². The molecule has 4 rings (SSSR count). The van der Waals surface area contributed by atoms with Gasteiger partial charge in [-0.2, -0.15) is 0 Å². The zero-order valence-electron chi connectivity index (χ0n) is 15.0. The van der Waals surface area contributed by atoms with E-state index in [2.05, 4.69) is 10.0 Å². The van der Waals surface area contributed by atoms with Crippen LogP contribution in [-0.2, 0) is 10.0 Å². The molecule has 0 fully saturated rings. The van der Waals surface area contributed by atoms with Gasteiger partial charge in [-0.05, 0) is 61.0 Å². The molecule has 0 saturated heterocycles. The van der Waals surface area contributed by atoms with E-state index < -0.39 is 32.5 Å². The third-order valence-electron chi connectivity index (χ3n) is 4.26. The van der Waals surface area contributed by atoms with Crippen LogP contribution in [0.15, 0.2) is 59.5 Å². The highest BCUT2D eigenvalue weighted by Crippen LogP contribution is 2.37. The van der Waals surface area contributed by atoms with Crippen molar-refractivity contribution >= 4 is 27.3 Å². The lowest BCUT2D eigenvalue weighted by atomic mass is 10.1.